The molecule has 2 aliphatic heterocycles. The van der Waals surface area contributed by atoms with Crippen LogP contribution >= 0.6 is 0 Å². The highest BCUT2D eigenvalue weighted by molar-refractivity contribution is 6.03. The van der Waals surface area contributed by atoms with Crippen molar-refractivity contribution in [1.82, 2.24) is 0 Å². The summed E-state index contributed by atoms with van der Waals surface area (Å²) in [6.45, 7) is 10.5. The van der Waals surface area contributed by atoms with Gasteiger partial charge < -0.3 is 24.8 Å². The van der Waals surface area contributed by atoms with Gasteiger partial charge in [-0.2, -0.15) is 0 Å². The summed E-state index contributed by atoms with van der Waals surface area (Å²) in [5.74, 6) is 1.09. The molecule has 36 heavy (non-hydrogen) atoms. The Morgan fingerprint density at radius 3 is 2.47 bits per heavy atom. The highest BCUT2D eigenvalue weighted by atomic mass is 16.5. The van der Waals surface area contributed by atoms with Crippen LogP contribution in [0.25, 0.3) is 6.08 Å². The molecule has 6 heteroatoms. The molecule has 0 radical (unpaired) electrons. The molecular formula is C30H38O6. The lowest BCUT2D eigenvalue weighted by molar-refractivity contribution is 0.0839. The molecular weight excluding hydrogens is 456 g/mol. The van der Waals surface area contributed by atoms with Gasteiger partial charge in [-0.1, -0.05) is 46.3 Å². The minimum Gasteiger partial charge on any atom is -0.507 e. The predicted molar refractivity (Wildman–Crippen MR) is 140 cm³/mol. The SMILES string of the molecule is CC(C)CCC[C@@]1(C)C=Cc2c([C@@H]3CC(=O)c4c(cc(O)c(CCC(C)C)c4O)O3)ccc(O)c2O1. The van der Waals surface area contributed by atoms with Crippen LogP contribution in [0.5, 0.6) is 28.7 Å². The van der Waals surface area contributed by atoms with Gasteiger partial charge in [0.25, 0.3) is 0 Å². The van der Waals surface area contributed by atoms with E-state index in [4.69, 9.17) is 9.47 Å². The minimum absolute atomic E-state index is 0.0334. The Morgan fingerprint density at radius 2 is 1.78 bits per heavy atom. The lowest BCUT2D eigenvalue weighted by atomic mass is 9.87. The molecule has 0 bridgehead atoms. The highest BCUT2D eigenvalue weighted by Gasteiger charge is 2.36. The van der Waals surface area contributed by atoms with Crippen molar-refractivity contribution in [1.29, 1.82) is 0 Å². The smallest absolute Gasteiger partial charge is 0.174 e. The average Bonchev–Trinajstić information content (AvgIpc) is 2.78. The van der Waals surface area contributed by atoms with Crippen molar-refractivity contribution in [3.63, 3.8) is 0 Å². The topological polar surface area (TPSA) is 96.2 Å². The fraction of sp³-hybridized carbons (Fsp3) is 0.500. The van der Waals surface area contributed by atoms with Gasteiger partial charge in [0.1, 0.15) is 34.5 Å². The molecule has 2 aromatic rings. The lowest BCUT2D eigenvalue weighted by Gasteiger charge is -2.34. The number of aromatic hydroxyl groups is 3. The third-order valence-corrected chi connectivity index (χ3v) is 7.18. The number of carbonyl (C=O) groups excluding carboxylic acids is 1. The van der Waals surface area contributed by atoms with Crippen molar-refractivity contribution >= 4 is 11.9 Å². The summed E-state index contributed by atoms with van der Waals surface area (Å²) in [7, 11) is 0. The zero-order valence-electron chi connectivity index (χ0n) is 21.9. The second-order valence-corrected chi connectivity index (χ2v) is 11.2. The van der Waals surface area contributed by atoms with E-state index in [9.17, 15) is 20.1 Å². The molecule has 2 aliphatic rings. The quantitative estimate of drug-likeness (QED) is 0.363. The minimum atomic E-state index is -0.641. The summed E-state index contributed by atoms with van der Waals surface area (Å²) in [6, 6.07) is 4.73. The van der Waals surface area contributed by atoms with Gasteiger partial charge >= 0.3 is 0 Å². The molecule has 0 saturated carbocycles. The number of hydrogen-bond donors (Lipinski definition) is 3. The van der Waals surface area contributed by atoms with E-state index in [0.29, 0.717) is 40.7 Å². The van der Waals surface area contributed by atoms with Gasteiger partial charge in [0.15, 0.2) is 17.3 Å². The Morgan fingerprint density at radius 1 is 1.06 bits per heavy atom. The summed E-state index contributed by atoms with van der Waals surface area (Å²) >= 11 is 0. The number of ether oxygens (including phenoxy) is 2. The molecule has 4 rings (SSSR count). The molecule has 0 saturated heterocycles. The molecule has 2 aromatic carbocycles. The average molecular weight is 495 g/mol. The van der Waals surface area contributed by atoms with Crippen LogP contribution in [0.2, 0.25) is 0 Å². The van der Waals surface area contributed by atoms with E-state index in [1.807, 2.05) is 19.1 Å². The maximum absolute atomic E-state index is 13.2. The first kappa shape index (κ1) is 25.9. The highest BCUT2D eigenvalue weighted by Crippen LogP contribution is 2.48. The second-order valence-electron chi connectivity index (χ2n) is 11.2. The van der Waals surface area contributed by atoms with Gasteiger partial charge in [-0.25, -0.2) is 0 Å². The van der Waals surface area contributed by atoms with Crippen molar-refractivity contribution in [2.75, 3.05) is 0 Å². The number of ketones is 1. The van der Waals surface area contributed by atoms with Crippen molar-refractivity contribution in [2.24, 2.45) is 11.8 Å². The van der Waals surface area contributed by atoms with E-state index in [1.165, 1.54) is 6.07 Å². The standard InChI is InChI=1S/C30H38O6/c1-17(2)7-6-13-30(5)14-12-20-19(10-11-22(31)29(20)36-30)25-16-24(33)27-26(35-25)15-23(32)21(28(27)34)9-8-18(3)4/h10-12,14-15,17-18,25,31-32,34H,6-9,13,16H2,1-5H3/t25-,30-/m0/s1. The zero-order valence-corrected chi connectivity index (χ0v) is 21.9. The van der Waals surface area contributed by atoms with E-state index < -0.39 is 11.7 Å². The second kappa shape index (κ2) is 10.1. The van der Waals surface area contributed by atoms with Gasteiger partial charge in [-0.15, -0.1) is 0 Å². The molecule has 2 atom stereocenters. The van der Waals surface area contributed by atoms with Crippen LogP contribution in [0, 0.1) is 11.8 Å². The number of rotatable bonds is 8. The first-order valence-corrected chi connectivity index (χ1v) is 13.0. The van der Waals surface area contributed by atoms with E-state index in [-0.39, 0.29) is 40.8 Å². The van der Waals surface area contributed by atoms with E-state index in [0.717, 1.165) is 25.7 Å². The van der Waals surface area contributed by atoms with Crippen LogP contribution < -0.4 is 9.47 Å². The number of phenols is 3. The van der Waals surface area contributed by atoms with E-state index >= 15 is 0 Å². The van der Waals surface area contributed by atoms with Crippen LogP contribution in [-0.4, -0.2) is 26.7 Å². The van der Waals surface area contributed by atoms with Crippen LogP contribution in [0.4, 0.5) is 0 Å². The van der Waals surface area contributed by atoms with E-state index in [1.54, 1.807) is 12.1 Å². The molecule has 0 amide bonds. The largest absolute Gasteiger partial charge is 0.507 e. The summed E-state index contributed by atoms with van der Waals surface area (Å²) in [5, 5.41) is 32.0. The number of phenolic OH excluding ortho intramolecular Hbond substituents is 3. The van der Waals surface area contributed by atoms with Crippen LogP contribution in [0.1, 0.15) is 99.9 Å². The Kier molecular flexibility index (Phi) is 7.26. The molecule has 0 fully saturated rings. The molecule has 2 heterocycles. The molecule has 194 valence electrons. The molecule has 0 spiro atoms. The molecule has 0 unspecified atom stereocenters. The molecule has 6 nitrogen and oxygen atoms in total. The summed E-state index contributed by atoms with van der Waals surface area (Å²) in [4.78, 5) is 13.2. The van der Waals surface area contributed by atoms with Gasteiger partial charge in [-0.05, 0) is 56.6 Å². The van der Waals surface area contributed by atoms with Gasteiger partial charge in [0, 0.05) is 22.8 Å². The molecule has 0 aromatic heterocycles. The first-order valence-electron chi connectivity index (χ1n) is 13.0. The number of Topliss-reactive ketones (excluding diaryl/α,β-unsaturated/α-hetero) is 1. The number of benzene rings is 2. The fourth-order valence-electron chi connectivity index (χ4n) is 5.04. The zero-order chi connectivity index (χ0) is 26.2. The molecule has 0 aliphatic carbocycles. The monoisotopic (exact) mass is 494 g/mol. The Hall–Kier alpha value is -3.15. The summed E-state index contributed by atoms with van der Waals surface area (Å²) < 4.78 is 12.5. The van der Waals surface area contributed by atoms with Crippen LogP contribution in [0.15, 0.2) is 24.3 Å². The number of carbonyl (C=O) groups is 1. The van der Waals surface area contributed by atoms with E-state index in [2.05, 4.69) is 27.7 Å². The van der Waals surface area contributed by atoms with Gasteiger partial charge in [0.2, 0.25) is 0 Å². The Bertz CT molecular complexity index is 1180. The maximum atomic E-state index is 13.2. The van der Waals surface area contributed by atoms with Crippen molar-refractivity contribution in [3.05, 3.63) is 46.5 Å². The Labute approximate surface area is 213 Å². The fourth-order valence-corrected chi connectivity index (χ4v) is 5.04. The normalized spacial score (nSPS) is 20.8. The van der Waals surface area contributed by atoms with Crippen molar-refractivity contribution in [2.45, 2.75) is 84.8 Å². The van der Waals surface area contributed by atoms with Gasteiger partial charge in [0.05, 0.1) is 6.42 Å². The lowest BCUT2D eigenvalue weighted by Crippen LogP contribution is -2.32. The maximum Gasteiger partial charge on any atom is 0.174 e. The first-order chi connectivity index (χ1) is 17.0. The van der Waals surface area contributed by atoms with Crippen LogP contribution in [0.3, 0.4) is 0 Å². The third-order valence-electron chi connectivity index (χ3n) is 7.18. The van der Waals surface area contributed by atoms with Crippen LogP contribution in [-0.2, 0) is 6.42 Å². The van der Waals surface area contributed by atoms with Gasteiger partial charge in [-0.3, -0.25) is 4.79 Å². The third kappa shape index (κ3) is 5.18. The summed E-state index contributed by atoms with van der Waals surface area (Å²) in [5.41, 5.74) is 1.37. The predicted octanol–water partition coefficient (Wildman–Crippen LogP) is 7.09. The van der Waals surface area contributed by atoms with Crippen molar-refractivity contribution in [3.8, 4) is 28.7 Å². The number of hydrogen-bond acceptors (Lipinski definition) is 6. The van der Waals surface area contributed by atoms with Crippen molar-refractivity contribution < 1.29 is 29.6 Å². The molecule has 3 N–H and O–H groups in total. The summed E-state index contributed by atoms with van der Waals surface area (Å²) in [6.07, 6.45) is 7.53. The Balaban J connectivity index is 1.63. The number of fused-ring (bicyclic) bond motifs is 2.